The molecule has 30 heavy (non-hydrogen) atoms. The van der Waals surface area contributed by atoms with Gasteiger partial charge in [-0.25, -0.2) is 9.59 Å². The van der Waals surface area contributed by atoms with Crippen molar-refractivity contribution in [2.45, 2.75) is 13.0 Å². The van der Waals surface area contributed by atoms with E-state index in [-0.39, 0.29) is 16.7 Å². The highest BCUT2D eigenvalue weighted by molar-refractivity contribution is 6.07. The second kappa shape index (κ2) is 6.59. The molecule has 1 aliphatic heterocycles. The average molecular weight is 402 g/mol. The van der Waals surface area contributed by atoms with E-state index in [0.29, 0.717) is 17.3 Å². The first-order valence-electron chi connectivity index (χ1n) is 9.51. The Kier molecular flexibility index (Phi) is 3.99. The zero-order valence-electron chi connectivity index (χ0n) is 16.4. The summed E-state index contributed by atoms with van der Waals surface area (Å²) >= 11 is 0. The number of rotatable bonds is 2. The van der Waals surface area contributed by atoms with Crippen LogP contribution in [0.25, 0.3) is 33.1 Å². The van der Waals surface area contributed by atoms with Gasteiger partial charge in [0.25, 0.3) is 5.56 Å². The van der Waals surface area contributed by atoms with Gasteiger partial charge in [0, 0.05) is 22.8 Å². The number of nitrogens with one attached hydrogen (secondary N) is 1. The number of benzene rings is 2. The van der Waals surface area contributed by atoms with Gasteiger partial charge in [0.2, 0.25) is 0 Å². The third-order valence-electron chi connectivity index (χ3n) is 5.71. The predicted molar refractivity (Wildman–Crippen MR) is 112 cm³/mol. The molecule has 0 amide bonds. The molecule has 2 aromatic carbocycles. The van der Waals surface area contributed by atoms with Crippen molar-refractivity contribution in [2.75, 3.05) is 14.2 Å². The minimum atomic E-state index is -0.697. The molecule has 4 aromatic rings. The van der Waals surface area contributed by atoms with E-state index >= 15 is 0 Å². The molecule has 0 saturated carbocycles. The molecule has 0 saturated heterocycles. The summed E-state index contributed by atoms with van der Waals surface area (Å²) in [5.74, 6) is -1.36. The van der Waals surface area contributed by atoms with Crippen LogP contribution in [0.1, 0.15) is 26.3 Å². The highest BCUT2D eigenvalue weighted by atomic mass is 16.5. The fraction of sp³-hybridized carbons (Fsp3) is 0.174. The van der Waals surface area contributed by atoms with Crippen molar-refractivity contribution < 1.29 is 19.1 Å². The van der Waals surface area contributed by atoms with Crippen LogP contribution in [0.5, 0.6) is 0 Å². The first-order valence-corrected chi connectivity index (χ1v) is 9.51. The smallest absolute Gasteiger partial charge is 0.338 e. The van der Waals surface area contributed by atoms with Gasteiger partial charge in [-0.05, 0) is 41.6 Å². The van der Waals surface area contributed by atoms with Gasteiger partial charge in [0.05, 0.1) is 36.7 Å². The second-order valence-corrected chi connectivity index (χ2v) is 7.23. The van der Waals surface area contributed by atoms with Crippen LogP contribution in [0.4, 0.5) is 0 Å². The minimum absolute atomic E-state index is 0.0108. The van der Waals surface area contributed by atoms with Crippen LogP contribution >= 0.6 is 0 Å². The zero-order chi connectivity index (χ0) is 21.0. The maximum atomic E-state index is 13.3. The summed E-state index contributed by atoms with van der Waals surface area (Å²) in [5, 5.41) is 2.06. The van der Waals surface area contributed by atoms with Gasteiger partial charge in [-0.1, -0.05) is 18.2 Å². The molecule has 150 valence electrons. The molecule has 1 aliphatic rings. The number of aromatic amines is 1. The molecule has 1 N–H and O–H groups in total. The third-order valence-corrected chi connectivity index (χ3v) is 5.71. The quantitative estimate of drug-likeness (QED) is 0.520. The van der Waals surface area contributed by atoms with Gasteiger partial charge in [-0.3, -0.25) is 4.79 Å². The van der Waals surface area contributed by atoms with Gasteiger partial charge < -0.3 is 19.0 Å². The lowest BCUT2D eigenvalue weighted by molar-refractivity contribution is 0.0555. The monoisotopic (exact) mass is 402 g/mol. The number of nitrogens with zero attached hydrogens (tertiary/aromatic N) is 1. The van der Waals surface area contributed by atoms with Gasteiger partial charge in [-0.2, -0.15) is 0 Å². The summed E-state index contributed by atoms with van der Waals surface area (Å²) in [6.45, 7) is 0.533. The Labute approximate surface area is 170 Å². The molecular formula is C23H18N2O5. The van der Waals surface area contributed by atoms with Gasteiger partial charge in [-0.15, -0.1) is 0 Å². The van der Waals surface area contributed by atoms with Crippen LogP contribution in [-0.4, -0.2) is 35.7 Å². The molecular weight excluding hydrogens is 384 g/mol. The summed E-state index contributed by atoms with van der Waals surface area (Å²) in [6, 6.07) is 12.9. The fourth-order valence-corrected chi connectivity index (χ4v) is 4.29. The number of ether oxygens (including phenoxy) is 2. The number of para-hydroxylation sites is 1. The number of aryl methyl sites for hydroxylation is 1. The first-order chi connectivity index (χ1) is 14.5. The maximum absolute atomic E-state index is 13.3. The van der Waals surface area contributed by atoms with E-state index in [0.717, 1.165) is 28.7 Å². The molecule has 2 aromatic heterocycles. The number of H-pyrrole nitrogens is 1. The predicted octanol–water partition coefficient (Wildman–Crippen LogP) is 3.28. The molecule has 3 heterocycles. The molecule has 0 unspecified atom stereocenters. The molecule has 0 fully saturated rings. The largest absolute Gasteiger partial charge is 0.465 e. The highest BCUT2D eigenvalue weighted by Crippen LogP contribution is 2.35. The Morgan fingerprint density at radius 3 is 2.40 bits per heavy atom. The molecule has 0 bridgehead atoms. The van der Waals surface area contributed by atoms with E-state index in [9.17, 15) is 14.4 Å². The van der Waals surface area contributed by atoms with Crippen molar-refractivity contribution >= 4 is 33.6 Å². The Balaban J connectivity index is 1.83. The lowest BCUT2D eigenvalue weighted by Crippen LogP contribution is -2.26. The van der Waals surface area contributed by atoms with Crippen molar-refractivity contribution in [2.24, 2.45) is 0 Å². The number of carbonyl (C=O) groups is 2. The molecule has 0 radical (unpaired) electrons. The van der Waals surface area contributed by atoms with Gasteiger partial charge in [0.1, 0.15) is 0 Å². The van der Waals surface area contributed by atoms with Crippen molar-refractivity contribution in [3.05, 3.63) is 69.5 Å². The summed E-state index contributed by atoms with van der Waals surface area (Å²) in [6.07, 6.45) is 0.724. The molecule has 7 nitrogen and oxygen atoms in total. The first kappa shape index (κ1) is 18.2. The van der Waals surface area contributed by atoms with Crippen LogP contribution in [0.3, 0.4) is 0 Å². The van der Waals surface area contributed by atoms with Crippen molar-refractivity contribution in [1.29, 1.82) is 0 Å². The van der Waals surface area contributed by atoms with Crippen molar-refractivity contribution in [1.82, 2.24) is 9.55 Å². The second-order valence-electron chi connectivity index (χ2n) is 7.23. The summed E-state index contributed by atoms with van der Waals surface area (Å²) in [4.78, 5) is 41.2. The van der Waals surface area contributed by atoms with Gasteiger partial charge >= 0.3 is 11.9 Å². The molecule has 0 aliphatic carbocycles. The minimum Gasteiger partial charge on any atom is -0.465 e. The number of fused-ring (bicyclic) bond motifs is 6. The Morgan fingerprint density at radius 1 is 0.967 bits per heavy atom. The number of hydrogen-bond donors (Lipinski definition) is 1. The number of aromatic nitrogens is 2. The summed E-state index contributed by atoms with van der Waals surface area (Å²) in [7, 11) is 2.47. The highest BCUT2D eigenvalue weighted by Gasteiger charge is 2.25. The Morgan fingerprint density at radius 2 is 1.67 bits per heavy atom. The third kappa shape index (κ3) is 2.48. The normalized spacial score (nSPS) is 12.5. The summed E-state index contributed by atoms with van der Waals surface area (Å²) < 4.78 is 11.3. The van der Waals surface area contributed by atoms with Gasteiger partial charge in [0.15, 0.2) is 0 Å². The maximum Gasteiger partial charge on any atom is 0.338 e. The van der Waals surface area contributed by atoms with Crippen molar-refractivity contribution in [3.63, 3.8) is 0 Å². The van der Waals surface area contributed by atoms with E-state index in [4.69, 9.17) is 9.47 Å². The molecule has 7 heteroatoms. The number of pyridine rings is 1. The van der Waals surface area contributed by atoms with Crippen molar-refractivity contribution in [3.8, 4) is 11.4 Å². The topological polar surface area (TPSA) is 90.4 Å². The number of carbonyl (C=O) groups excluding carboxylic acids is 2. The zero-order valence-corrected chi connectivity index (χ0v) is 16.4. The van der Waals surface area contributed by atoms with E-state index in [1.165, 1.54) is 31.9 Å². The molecule has 0 spiro atoms. The molecule has 5 rings (SSSR count). The van der Waals surface area contributed by atoms with Crippen LogP contribution in [0.15, 0.2) is 47.3 Å². The van der Waals surface area contributed by atoms with E-state index < -0.39 is 11.9 Å². The number of esters is 2. The van der Waals surface area contributed by atoms with E-state index in [2.05, 4.69) is 11.1 Å². The SMILES string of the molecule is COC(=O)c1cc2cc3n(c(=O)c2cc1C(=O)OC)CCc1c-3[nH]c2ccccc12. The lowest BCUT2D eigenvalue weighted by atomic mass is 9.97. The number of methoxy groups -OCH3 is 2. The Hall–Kier alpha value is -3.87. The van der Waals surface area contributed by atoms with E-state index in [1.54, 1.807) is 4.57 Å². The average Bonchev–Trinajstić information content (AvgIpc) is 3.16. The van der Waals surface area contributed by atoms with Crippen LogP contribution in [0.2, 0.25) is 0 Å². The standard InChI is InChI=1S/C23H18N2O5/c1-29-22(27)16-9-12-10-19-20-14(13-5-3-4-6-18(13)24-20)7-8-25(19)21(26)15(12)11-17(16)23(28)30-2/h3-6,9-11,24H,7-8H2,1-2H3. The number of hydrogen-bond acceptors (Lipinski definition) is 5. The summed E-state index contributed by atoms with van der Waals surface area (Å²) in [5.41, 5.74) is 3.70. The van der Waals surface area contributed by atoms with Crippen LogP contribution in [-0.2, 0) is 22.4 Å². The lowest BCUT2D eigenvalue weighted by Gasteiger charge is -2.20. The van der Waals surface area contributed by atoms with Crippen LogP contribution in [0, 0.1) is 0 Å². The molecule has 0 atom stereocenters. The fourth-order valence-electron chi connectivity index (χ4n) is 4.29. The van der Waals surface area contributed by atoms with Crippen LogP contribution < -0.4 is 5.56 Å². The van der Waals surface area contributed by atoms with E-state index in [1.807, 2.05) is 24.3 Å². The Bertz CT molecular complexity index is 1430.